The van der Waals surface area contributed by atoms with E-state index in [0.717, 1.165) is 28.1 Å². The number of nitrogens with one attached hydrogen (secondary N) is 1. The molecule has 1 saturated heterocycles. The van der Waals surface area contributed by atoms with Crippen LogP contribution in [0.5, 0.6) is 0 Å². The van der Waals surface area contributed by atoms with Crippen molar-refractivity contribution in [2.45, 2.75) is 45.8 Å². The minimum Gasteiger partial charge on any atom is -0.382 e. The Kier molecular flexibility index (Phi) is 8.47. The second-order valence-corrected chi connectivity index (χ2v) is 9.07. The molecule has 0 radical (unpaired) electrons. The number of amidine groups is 1. The molecule has 2 aromatic rings. The van der Waals surface area contributed by atoms with Crippen LogP contribution in [-0.4, -0.2) is 46.9 Å². The summed E-state index contributed by atoms with van der Waals surface area (Å²) in [5.74, 6) is -0.245. The maximum Gasteiger partial charge on any atom is 0.242 e. The maximum atomic E-state index is 13.2. The fraction of sp³-hybridized carbons (Fsp3) is 0.400. The zero-order valence-corrected chi connectivity index (χ0v) is 20.0. The van der Waals surface area contributed by atoms with Gasteiger partial charge in [-0.25, -0.2) is 4.99 Å². The van der Waals surface area contributed by atoms with Crippen LogP contribution in [0.25, 0.3) is 0 Å². The first-order chi connectivity index (χ1) is 15.4. The second kappa shape index (κ2) is 11.3. The summed E-state index contributed by atoms with van der Waals surface area (Å²) in [6.07, 6.45) is 0.819. The van der Waals surface area contributed by atoms with E-state index in [0.29, 0.717) is 31.3 Å². The summed E-state index contributed by atoms with van der Waals surface area (Å²) in [6, 6.07) is 13.8. The van der Waals surface area contributed by atoms with Gasteiger partial charge in [-0.2, -0.15) is 0 Å². The highest BCUT2D eigenvalue weighted by Gasteiger charge is 2.39. The van der Waals surface area contributed by atoms with Gasteiger partial charge in [0.05, 0.1) is 5.69 Å². The van der Waals surface area contributed by atoms with Gasteiger partial charge < -0.3 is 10.1 Å². The van der Waals surface area contributed by atoms with Crippen LogP contribution in [0.4, 0.5) is 11.4 Å². The van der Waals surface area contributed by atoms with Gasteiger partial charge in [-0.3, -0.25) is 14.5 Å². The van der Waals surface area contributed by atoms with Crippen molar-refractivity contribution in [1.29, 1.82) is 0 Å². The molecular formula is C25H31N3O3S. The lowest BCUT2D eigenvalue weighted by Crippen LogP contribution is -2.34. The lowest BCUT2D eigenvalue weighted by Gasteiger charge is -2.16. The Morgan fingerprint density at radius 3 is 2.69 bits per heavy atom. The summed E-state index contributed by atoms with van der Waals surface area (Å²) in [6.45, 7) is 9.64. The number of thioether (sulfide) groups is 1. The number of rotatable bonds is 9. The zero-order chi connectivity index (χ0) is 23.1. The molecule has 0 spiro atoms. The van der Waals surface area contributed by atoms with E-state index in [9.17, 15) is 9.59 Å². The first-order valence-corrected chi connectivity index (χ1v) is 11.8. The Morgan fingerprint density at radius 1 is 1.16 bits per heavy atom. The number of nitrogens with zero attached hydrogens (tertiary/aromatic N) is 2. The molecule has 0 aromatic heterocycles. The Morgan fingerprint density at radius 2 is 1.94 bits per heavy atom. The zero-order valence-electron chi connectivity index (χ0n) is 19.2. The van der Waals surface area contributed by atoms with Crippen molar-refractivity contribution in [3.63, 3.8) is 0 Å². The minimum absolute atomic E-state index is 0.0741. The van der Waals surface area contributed by atoms with Crippen molar-refractivity contribution in [3.8, 4) is 0 Å². The molecule has 0 bridgehead atoms. The summed E-state index contributed by atoms with van der Waals surface area (Å²) < 4.78 is 5.43. The molecule has 170 valence electrons. The standard InChI is InChI=1S/C25H31N3O3S/c1-5-31-14-8-13-28-24(30)22(32-25(28)27-20-10-7-6-9-18(20)3)16-23(29)26-21-15-17(2)11-12-19(21)4/h6-7,9-12,15,22H,5,8,13-14,16H2,1-4H3,(H,26,29). The summed E-state index contributed by atoms with van der Waals surface area (Å²) in [5, 5.41) is 3.12. The minimum atomic E-state index is -0.491. The quantitative estimate of drug-likeness (QED) is 0.543. The Balaban J connectivity index is 1.75. The van der Waals surface area contributed by atoms with E-state index in [1.54, 1.807) is 4.90 Å². The Labute approximate surface area is 194 Å². The van der Waals surface area contributed by atoms with E-state index in [4.69, 9.17) is 9.73 Å². The molecule has 3 rings (SSSR count). The molecule has 0 aliphatic carbocycles. The number of hydrogen-bond donors (Lipinski definition) is 1. The molecule has 7 heteroatoms. The fourth-order valence-corrected chi connectivity index (χ4v) is 4.61. The van der Waals surface area contributed by atoms with Crippen LogP contribution in [0.15, 0.2) is 47.5 Å². The first-order valence-electron chi connectivity index (χ1n) is 11.0. The van der Waals surface area contributed by atoms with Crippen LogP contribution in [0, 0.1) is 20.8 Å². The largest absolute Gasteiger partial charge is 0.382 e. The molecule has 1 atom stereocenters. The Hall–Kier alpha value is -2.64. The highest BCUT2D eigenvalue weighted by Crippen LogP contribution is 2.33. The van der Waals surface area contributed by atoms with Gasteiger partial charge in [-0.15, -0.1) is 0 Å². The molecule has 6 nitrogen and oxygen atoms in total. The van der Waals surface area contributed by atoms with Crippen LogP contribution in [-0.2, 0) is 14.3 Å². The van der Waals surface area contributed by atoms with Crippen molar-refractivity contribution in [1.82, 2.24) is 4.90 Å². The molecule has 2 aromatic carbocycles. The van der Waals surface area contributed by atoms with E-state index < -0.39 is 5.25 Å². The monoisotopic (exact) mass is 453 g/mol. The van der Waals surface area contributed by atoms with Gasteiger partial charge in [0.2, 0.25) is 11.8 Å². The fourth-order valence-electron chi connectivity index (χ4n) is 3.43. The predicted octanol–water partition coefficient (Wildman–Crippen LogP) is 5.00. The second-order valence-electron chi connectivity index (χ2n) is 7.90. The van der Waals surface area contributed by atoms with Crippen molar-refractivity contribution in [2.75, 3.05) is 25.1 Å². The van der Waals surface area contributed by atoms with Gasteiger partial charge in [0.25, 0.3) is 0 Å². The van der Waals surface area contributed by atoms with Crippen molar-refractivity contribution < 1.29 is 14.3 Å². The number of aryl methyl sites for hydroxylation is 3. The first kappa shape index (κ1) is 24.0. The summed E-state index contributed by atoms with van der Waals surface area (Å²) in [7, 11) is 0. The van der Waals surface area contributed by atoms with Gasteiger partial charge in [0.1, 0.15) is 5.25 Å². The third-order valence-corrected chi connectivity index (χ3v) is 6.44. The topological polar surface area (TPSA) is 71.0 Å². The van der Waals surface area contributed by atoms with Crippen molar-refractivity contribution in [2.24, 2.45) is 4.99 Å². The van der Waals surface area contributed by atoms with E-state index in [2.05, 4.69) is 5.32 Å². The number of amides is 2. The van der Waals surface area contributed by atoms with Gasteiger partial charge >= 0.3 is 0 Å². The van der Waals surface area contributed by atoms with Crippen molar-refractivity contribution in [3.05, 3.63) is 59.2 Å². The molecular weight excluding hydrogens is 422 g/mol. The van der Waals surface area contributed by atoms with E-state index in [1.807, 2.05) is 70.2 Å². The average Bonchev–Trinajstić information content (AvgIpc) is 3.04. The smallest absolute Gasteiger partial charge is 0.242 e. The lowest BCUT2D eigenvalue weighted by atomic mass is 10.1. The molecule has 1 N–H and O–H groups in total. The van der Waals surface area contributed by atoms with E-state index in [-0.39, 0.29) is 18.2 Å². The van der Waals surface area contributed by atoms with Crippen LogP contribution in [0.2, 0.25) is 0 Å². The summed E-state index contributed by atoms with van der Waals surface area (Å²) in [5.41, 5.74) is 4.73. The average molecular weight is 454 g/mol. The molecule has 0 saturated carbocycles. The summed E-state index contributed by atoms with van der Waals surface area (Å²) in [4.78, 5) is 32.4. The molecule has 1 unspecified atom stereocenters. The molecule has 32 heavy (non-hydrogen) atoms. The normalized spacial score (nSPS) is 17.2. The van der Waals surface area contributed by atoms with Crippen LogP contribution in [0.1, 0.15) is 36.5 Å². The lowest BCUT2D eigenvalue weighted by molar-refractivity contribution is -0.128. The van der Waals surface area contributed by atoms with Gasteiger partial charge in [0.15, 0.2) is 5.17 Å². The highest BCUT2D eigenvalue weighted by atomic mass is 32.2. The number of para-hydroxylation sites is 1. The predicted molar refractivity (Wildman–Crippen MR) is 132 cm³/mol. The molecule has 1 aliphatic heterocycles. The number of benzene rings is 2. The Bertz CT molecular complexity index is 1010. The van der Waals surface area contributed by atoms with E-state index >= 15 is 0 Å². The molecule has 1 heterocycles. The van der Waals surface area contributed by atoms with Gasteiger partial charge in [0, 0.05) is 31.9 Å². The highest BCUT2D eigenvalue weighted by molar-refractivity contribution is 8.15. The van der Waals surface area contributed by atoms with Crippen LogP contribution in [0.3, 0.4) is 0 Å². The van der Waals surface area contributed by atoms with Crippen LogP contribution < -0.4 is 5.32 Å². The molecule has 1 aliphatic rings. The van der Waals surface area contributed by atoms with Gasteiger partial charge in [-0.05, 0) is 62.9 Å². The van der Waals surface area contributed by atoms with Crippen LogP contribution >= 0.6 is 11.8 Å². The number of carbonyl (C=O) groups excluding carboxylic acids is 2. The molecule has 1 fully saturated rings. The van der Waals surface area contributed by atoms with E-state index in [1.165, 1.54) is 11.8 Å². The van der Waals surface area contributed by atoms with Crippen molar-refractivity contribution >= 4 is 40.1 Å². The molecule has 2 amide bonds. The SMILES string of the molecule is CCOCCCN1C(=O)C(CC(=O)Nc2cc(C)ccc2C)SC1=Nc1ccccc1C. The third-order valence-electron chi connectivity index (χ3n) is 5.26. The summed E-state index contributed by atoms with van der Waals surface area (Å²) >= 11 is 1.37. The number of aliphatic imine (C=N–C) groups is 1. The third kappa shape index (κ3) is 6.20. The number of anilines is 1. The maximum absolute atomic E-state index is 13.2. The number of ether oxygens (including phenoxy) is 1. The number of carbonyl (C=O) groups is 2. The van der Waals surface area contributed by atoms with Gasteiger partial charge in [-0.1, -0.05) is 42.1 Å². The number of hydrogen-bond acceptors (Lipinski definition) is 5.